The molecular formula is C15H34IN3O2. The first-order valence-corrected chi connectivity index (χ1v) is 7.94. The molecule has 0 aliphatic carbocycles. The molecule has 0 bridgehead atoms. The summed E-state index contributed by atoms with van der Waals surface area (Å²) in [5, 5.41) is 6.63. The van der Waals surface area contributed by atoms with E-state index in [-0.39, 0.29) is 24.0 Å². The lowest BCUT2D eigenvalue weighted by Gasteiger charge is -2.11. The average molecular weight is 415 g/mol. The maximum absolute atomic E-state index is 5.41. The number of hydrogen-bond donors (Lipinski definition) is 2. The molecule has 128 valence electrons. The van der Waals surface area contributed by atoms with Crippen LogP contribution in [0.4, 0.5) is 0 Å². The van der Waals surface area contributed by atoms with Gasteiger partial charge in [0.05, 0.1) is 13.2 Å². The number of halogens is 1. The summed E-state index contributed by atoms with van der Waals surface area (Å²) in [5.41, 5.74) is 0. The minimum atomic E-state index is 0. The van der Waals surface area contributed by atoms with Gasteiger partial charge in [0.25, 0.3) is 0 Å². The van der Waals surface area contributed by atoms with Crippen molar-refractivity contribution in [3.63, 3.8) is 0 Å². The summed E-state index contributed by atoms with van der Waals surface area (Å²) in [6.07, 6.45) is 6.02. The van der Waals surface area contributed by atoms with Gasteiger partial charge in [-0.2, -0.15) is 0 Å². The highest BCUT2D eigenvalue weighted by molar-refractivity contribution is 14.0. The summed E-state index contributed by atoms with van der Waals surface area (Å²) in [4.78, 5) is 4.53. The van der Waals surface area contributed by atoms with Gasteiger partial charge in [0.2, 0.25) is 0 Å². The zero-order chi connectivity index (χ0) is 14.9. The van der Waals surface area contributed by atoms with Crippen LogP contribution < -0.4 is 10.6 Å². The van der Waals surface area contributed by atoms with E-state index < -0.39 is 0 Å². The number of rotatable bonds is 13. The van der Waals surface area contributed by atoms with Crippen molar-refractivity contribution >= 4 is 29.9 Å². The first-order chi connectivity index (χ1) is 9.85. The van der Waals surface area contributed by atoms with E-state index >= 15 is 0 Å². The van der Waals surface area contributed by atoms with Crippen LogP contribution >= 0.6 is 24.0 Å². The van der Waals surface area contributed by atoms with Crippen LogP contribution in [0.2, 0.25) is 0 Å². The number of nitrogens with zero attached hydrogens (tertiary/aromatic N) is 1. The molecule has 21 heavy (non-hydrogen) atoms. The third kappa shape index (κ3) is 17.9. The Morgan fingerprint density at radius 3 is 2.43 bits per heavy atom. The Balaban J connectivity index is 0. The van der Waals surface area contributed by atoms with Crippen molar-refractivity contribution < 1.29 is 9.47 Å². The van der Waals surface area contributed by atoms with Crippen molar-refractivity contribution in [2.45, 2.75) is 46.0 Å². The van der Waals surface area contributed by atoms with Crippen LogP contribution in [0.5, 0.6) is 0 Å². The molecule has 2 N–H and O–H groups in total. The normalized spacial score (nSPS) is 11.1. The first kappa shape index (κ1) is 23.2. The molecule has 0 rings (SSSR count). The maximum Gasteiger partial charge on any atom is 0.191 e. The lowest BCUT2D eigenvalue weighted by Crippen LogP contribution is -2.37. The highest BCUT2D eigenvalue weighted by Crippen LogP contribution is 1.96. The van der Waals surface area contributed by atoms with Crippen LogP contribution in [0.25, 0.3) is 0 Å². The summed E-state index contributed by atoms with van der Waals surface area (Å²) in [6, 6.07) is 0. The molecule has 0 atom stereocenters. The highest BCUT2D eigenvalue weighted by Gasteiger charge is 1.96. The van der Waals surface area contributed by atoms with E-state index in [0.717, 1.165) is 38.6 Å². The van der Waals surface area contributed by atoms with Gasteiger partial charge in [-0.25, -0.2) is 0 Å². The molecule has 0 aromatic heterocycles. The van der Waals surface area contributed by atoms with Crippen molar-refractivity contribution in [1.29, 1.82) is 0 Å². The van der Waals surface area contributed by atoms with Crippen molar-refractivity contribution in [1.82, 2.24) is 10.6 Å². The number of methoxy groups -OCH3 is 1. The highest BCUT2D eigenvalue weighted by atomic mass is 127. The van der Waals surface area contributed by atoms with Crippen molar-refractivity contribution in [3.8, 4) is 0 Å². The van der Waals surface area contributed by atoms with E-state index in [2.05, 4.69) is 29.5 Å². The van der Waals surface area contributed by atoms with Gasteiger partial charge >= 0.3 is 0 Å². The number of nitrogens with one attached hydrogen (secondary N) is 2. The Morgan fingerprint density at radius 1 is 0.952 bits per heavy atom. The molecule has 0 aromatic carbocycles. The Bertz CT molecular complexity index is 229. The molecule has 0 aliphatic heterocycles. The molecule has 5 nitrogen and oxygen atoms in total. The Hall–Kier alpha value is -0.0800. The van der Waals surface area contributed by atoms with E-state index in [1.54, 1.807) is 7.11 Å². The lowest BCUT2D eigenvalue weighted by atomic mass is 10.2. The molecule has 0 saturated carbocycles. The quantitative estimate of drug-likeness (QED) is 0.210. The SMILES string of the molecule is CCCCCCNC(=NCCCOCCOC)NCC.I. The number of ether oxygens (including phenoxy) is 2. The second-order valence-corrected chi connectivity index (χ2v) is 4.71. The van der Waals surface area contributed by atoms with E-state index in [9.17, 15) is 0 Å². The molecular weight excluding hydrogens is 381 g/mol. The average Bonchev–Trinajstić information content (AvgIpc) is 2.46. The molecule has 0 spiro atoms. The fourth-order valence-corrected chi connectivity index (χ4v) is 1.70. The van der Waals surface area contributed by atoms with Gasteiger partial charge in [0.15, 0.2) is 5.96 Å². The second kappa shape index (κ2) is 19.9. The van der Waals surface area contributed by atoms with E-state index in [1.165, 1.54) is 25.7 Å². The van der Waals surface area contributed by atoms with Gasteiger partial charge < -0.3 is 20.1 Å². The van der Waals surface area contributed by atoms with Crippen LogP contribution in [0.15, 0.2) is 4.99 Å². The molecule has 0 heterocycles. The second-order valence-electron chi connectivity index (χ2n) is 4.71. The van der Waals surface area contributed by atoms with Gasteiger partial charge in [0, 0.05) is 33.4 Å². The lowest BCUT2D eigenvalue weighted by molar-refractivity contribution is 0.0702. The monoisotopic (exact) mass is 415 g/mol. The fourth-order valence-electron chi connectivity index (χ4n) is 1.70. The number of aliphatic imine (C=N–C) groups is 1. The van der Waals surface area contributed by atoms with E-state index in [0.29, 0.717) is 13.2 Å². The number of unbranched alkanes of at least 4 members (excludes halogenated alkanes) is 3. The smallest absolute Gasteiger partial charge is 0.191 e. The van der Waals surface area contributed by atoms with Gasteiger partial charge in [-0.1, -0.05) is 26.2 Å². The molecule has 0 radical (unpaired) electrons. The summed E-state index contributed by atoms with van der Waals surface area (Å²) in [6.45, 7) is 9.05. The molecule has 0 aromatic rings. The van der Waals surface area contributed by atoms with Crippen molar-refractivity contribution in [2.75, 3.05) is 46.6 Å². The molecule has 0 amide bonds. The van der Waals surface area contributed by atoms with Crippen LogP contribution in [0, 0.1) is 0 Å². The summed E-state index contributed by atoms with van der Waals surface area (Å²) in [5.74, 6) is 0.917. The predicted molar refractivity (Wildman–Crippen MR) is 101 cm³/mol. The molecule has 0 aliphatic rings. The van der Waals surface area contributed by atoms with Crippen molar-refractivity contribution in [3.05, 3.63) is 0 Å². The number of guanidine groups is 1. The Morgan fingerprint density at radius 2 is 1.76 bits per heavy atom. The van der Waals surface area contributed by atoms with Gasteiger partial charge in [-0.15, -0.1) is 24.0 Å². The zero-order valence-electron chi connectivity index (χ0n) is 14.0. The minimum absolute atomic E-state index is 0. The maximum atomic E-state index is 5.41. The van der Waals surface area contributed by atoms with Crippen LogP contribution in [-0.4, -0.2) is 52.5 Å². The van der Waals surface area contributed by atoms with Crippen LogP contribution in [0.1, 0.15) is 46.0 Å². The van der Waals surface area contributed by atoms with Crippen LogP contribution in [-0.2, 0) is 9.47 Å². The summed E-state index contributed by atoms with van der Waals surface area (Å²) < 4.78 is 10.3. The zero-order valence-corrected chi connectivity index (χ0v) is 16.3. The van der Waals surface area contributed by atoms with Crippen LogP contribution in [0.3, 0.4) is 0 Å². The minimum Gasteiger partial charge on any atom is -0.382 e. The largest absolute Gasteiger partial charge is 0.382 e. The Labute approximate surface area is 147 Å². The van der Waals surface area contributed by atoms with Gasteiger partial charge in [0.1, 0.15) is 0 Å². The fraction of sp³-hybridized carbons (Fsp3) is 0.933. The third-order valence-corrected chi connectivity index (χ3v) is 2.82. The van der Waals surface area contributed by atoms with E-state index in [4.69, 9.17) is 9.47 Å². The van der Waals surface area contributed by atoms with Gasteiger partial charge in [-0.3, -0.25) is 4.99 Å². The van der Waals surface area contributed by atoms with E-state index in [1.807, 2.05) is 0 Å². The molecule has 0 saturated heterocycles. The topological polar surface area (TPSA) is 54.9 Å². The standard InChI is InChI=1S/C15H33N3O2.HI/c1-4-6-7-8-10-17-15(16-5-2)18-11-9-12-20-14-13-19-3;/h4-14H2,1-3H3,(H2,16,17,18);1H. The summed E-state index contributed by atoms with van der Waals surface area (Å²) >= 11 is 0. The molecule has 6 heteroatoms. The molecule has 0 unspecified atom stereocenters. The third-order valence-electron chi connectivity index (χ3n) is 2.82. The predicted octanol–water partition coefficient (Wildman–Crippen LogP) is 2.79. The Kier molecular flexibility index (Phi) is 22.0. The van der Waals surface area contributed by atoms with Crippen molar-refractivity contribution in [2.24, 2.45) is 4.99 Å². The molecule has 0 fully saturated rings. The summed E-state index contributed by atoms with van der Waals surface area (Å²) in [7, 11) is 1.68. The number of hydrogen-bond acceptors (Lipinski definition) is 3. The van der Waals surface area contributed by atoms with Gasteiger partial charge in [-0.05, 0) is 19.8 Å². The first-order valence-electron chi connectivity index (χ1n) is 7.94.